The van der Waals surface area contributed by atoms with Gasteiger partial charge in [0, 0.05) is 25.7 Å². The van der Waals surface area contributed by atoms with Gasteiger partial charge in [-0.15, -0.1) is 0 Å². The van der Waals surface area contributed by atoms with Crippen molar-refractivity contribution in [3.8, 4) is 0 Å². The molecule has 7 heteroatoms. The van der Waals surface area contributed by atoms with Crippen LogP contribution >= 0.6 is 0 Å². The molecule has 1 aromatic heterocycles. The zero-order valence-electron chi connectivity index (χ0n) is 12.9. The predicted octanol–water partition coefficient (Wildman–Crippen LogP) is 1.95. The number of anilines is 2. The number of nitro groups is 1. The SMILES string of the molecule is CCNc1cc([N+](=O)[O-])cc(N2CCCN(C)CC2C)n1. The van der Waals surface area contributed by atoms with Crippen molar-refractivity contribution in [2.45, 2.75) is 26.3 Å². The third kappa shape index (κ3) is 3.81. The van der Waals surface area contributed by atoms with Crippen molar-refractivity contribution in [1.29, 1.82) is 0 Å². The van der Waals surface area contributed by atoms with Gasteiger partial charge < -0.3 is 15.1 Å². The van der Waals surface area contributed by atoms with E-state index in [1.165, 1.54) is 6.07 Å². The van der Waals surface area contributed by atoms with Crippen LogP contribution in [0.5, 0.6) is 0 Å². The quantitative estimate of drug-likeness (QED) is 0.675. The summed E-state index contributed by atoms with van der Waals surface area (Å²) >= 11 is 0. The third-order valence-corrected chi connectivity index (χ3v) is 3.71. The molecule has 1 fully saturated rings. The molecule has 0 bridgehead atoms. The molecule has 1 unspecified atom stereocenters. The van der Waals surface area contributed by atoms with Crippen molar-refractivity contribution in [3.63, 3.8) is 0 Å². The maximum atomic E-state index is 11.1. The highest BCUT2D eigenvalue weighted by molar-refractivity contribution is 5.56. The molecule has 1 N–H and O–H groups in total. The highest BCUT2D eigenvalue weighted by Gasteiger charge is 2.23. The van der Waals surface area contributed by atoms with Crippen LogP contribution in [0, 0.1) is 10.1 Å². The molecule has 2 heterocycles. The van der Waals surface area contributed by atoms with E-state index in [9.17, 15) is 10.1 Å². The van der Waals surface area contributed by atoms with Gasteiger partial charge >= 0.3 is 0 Å². The van der Waals surface area contributed by atoms with Crippen molar-refractivity contribution in [2.75, 3.05) is 43.4 Å². The number of likely N-dealkylation sites (N-methyl/N-ethyl adjacent to an activating group) is 1. The monoisotopic (exact) mass is 293 g/mol. The summed E-state index contributed by atoms with van der Waals surface area (Å²) < 4.78 is 0. The van der Waals surface area contributed by atoms with Gasteiger partial charge in [-0.1, -0.05) is 0 Å². The van der Waals surface area contributed by atoms with Crippen LogP contribution in [0.4, 0.5) is 17.3 Å². The molecule has 21 heavy (non-hydrogen) atoms. The molecular formula is C14H23N5O2. The Balaban J connectivity index is 2.34. The van der Waals surface area contributed by atoms with Gasteiger partial charge in [-0.05, 0) is 33.9 Å². The number of nitrogens with one attached hydrogen (secondary N) is 1. The maximum Gasteiger partial charge on any atom is 0.276 e. The Kier molecular flexibility index (Phi) is 4.95. The lowest BCUT2D eigenvalue weighted by Crippen LogP contribution is -2.38. The number of pyridine rings is 1. The van der Waals surface area contributed by atoms with Gasteiger partial charge in [0.05, 0.1) is 17.1 Å². The average Bonchev–Trinajstić information content (AvgIpc) is 2.59. The molecule has 0 radical (unpaired) electrons. The van der Waals surface area contributed by atoms with Crippen LogP contribution in [-0.2, 0) is 0 Å². The first kappa shape index (κ1) is 15.5. The van der Waals surface area contributed by atoms with Crippen LogP contribution in [0.2, 0.25) is 0 Å². The molecule has 1 atom stereocenters. The normalized spacial score (nSPS) is 20.1. The van der Waals surface area contributed by atoms with E-state index in [0.717, 1.165) is 26.1 Å². The van der Waals surface area contributed by atoms with E-state index < -0.39 is 0 Å². The van der Waals surface area contributed by atoms with Crippen LogP contribution < -0.4 is 10.2 Å². The summed E-state index contributed by atoms with van der Waals surface area (Å²) in [6, 6.07) is 3.34. The van der Waals surface area contributed by atoms with Gasteiger partial charge in [0.2, 0.25) is 0 Å². The Morgan fingerprint density at radius 1 is 1.48 bits per heavy atom. The summed E-state index contributed by atoms with van der Waals surface area (Å²) in [5.41, 5.74) is 0.0840. The van der Waals surface area contributed by atoms with Gasteiger partial charge in [0.1, 0.15) is 11.6 Å². The first-order chi connectivity index (χ1) is 10.0. The molecule has 1 aliphatic rings. The number of rotatable bonds is 4. The summed E-state index contributed by atoms with van der Waals surface area (Å²) in [5.74, 6) is 1.24. The number of hydrogen-bond donors (Lipinski definition) is 1. The minimum absolute atomic E-state index is 0.0840. The number of nitrogens with zero attached hydrogens (tertiary/aromatic N) is 4. The van der Waals surface area contributed by atoms with Crippen molar-refractivity contribution in [3.05, 3.63) is 22.2 Å². The maximum absolute atomic E-state index is 11.1. The van der Waals surface area contributed by atoms with Crippen LogP contribution in [0.15, 0.2) is 12.1 Å². The Labute approximate surface area is 125 Å². The van der Waals surface area contributed by atoms with Crippen molar-refractivity contribution in [2.24, 2.45) is 0 Å². The van der Waals surface area contributed by atoms with Crippen LogP contribution in [-0.4, -0.2) is 54.1 Å². The molecule has 0 saturated carbocycles. The Morgan fingerprint density at radius 3 is 2.90 bits per heavy atom. The van der Waals surface area contributed by atoms with Crippen LogP contribution in [0.3, 0.4) is 0 Å². The third-order valence-electron chi connectivity index (χ3n) is 3.71. The van der Waals surface area contributed by atoms with E-state index in [-0.39, 0.29) is 16.7 Å². The highest BCUT2D eigenvalue weighted by Crippen LogP contribution is 2.26. The predicted molar refractivity (Wildman–Crippen MR) is 84.0 cm³/mol. The number of aromatic nitrogens is 1. The molecule has 7 nitrogen and oxygen atoms in total. The van der Waals surface area contributed by atoms with Gasteiger partial charge in [-0.25, -0.2) is 4.98 Å². The summed E-state index contributed by atoms with van der Waals surface area (Å²) in [5, 5.41) is 14.2. The van der Waals surface area contributed by atoms with Gasteiger partial charge in [0.25, 0.3) is 5.69 Å². The number of hydrogen-bond acceptors (Lipinski definition) is 6. The molecule has 1 saturated heterocycles. The molecule has 0 aromatic carbocycles. The van der Waals surface area contributed by atoms with Gasteiger partial charge in [-0.3, -0.25) is 10.1 Å². The van der Waals surface area contributed by atoms with E-state index in [2.05, 4.69) is 34.1 Å². The molecule has 0 aliphatic carbocycles. The second kappa shape index (κ2) is 6.71. The lowest BCUT2D eigenvalue weighted by atomic mass is 10.2. The van der Waals surface area contributed by atoms with Gasteiger partial charge in [0.15, 0.2) is 0 Å². The second-order valence-corrected chi connectivity index (χ2v) is 5.51. The molecular weight excluding hydrogens is 270 g/mol. The summed E-state index contributed by atoms with van der Waals surface area (Å²) in [6.07, 6.45) is 1.03. The zero-order chi connectivity index (χ0) is 15.4. The minimum Gasteiger partial charge on any atom is -0.370 e. The van der Waals surface area contributed by atoms with Gasteiger partial charge in [-0.2, -0.15) is 0 Å². The Morgan fingerprint density at radius 2 is 2.24 bits per heavy atom. The molecule has 2 rings (SSSR count). The van der Waals surface area contributed by atoms with E-state index in [1.54, 1.807) is 6.07 Å². The summed E-state index contributed by atoms with van der Waals surface area (Å²) in [6.45, 7) is 7.60. The minimum atomic E-state index is -0.360. The lowest BCUT2D eigenvalue weighted by Gasteiger charge is -2.29. The van der Waals surface area contributed by atoms with Crippen molar-refractivity contribution < 1.29 is 4.92 Å². The zero-order valence-corrected chi connectivity index (χ0v) is 12.9. The largest absolute Gasteiger partial charge is 0.370 e. The molecule has 1 aliphatic heterocycles. The van der Waals surface area contributed by atoms with Crippen molar-refractivity contribution >= 4 is 17.3 Å². The van der Waals surface area contributed by atoms with E-state index in [4.69, 9.17) is 0 Å². The van der Waals surface area contributed by atoms with Crippen LogP contribution in [0.25, 0.3) is 0 Å². The second-order valence-electron chi connectivity index (χ2n) is 5.51. The molecule has 0 amide bonds. The summed E-state index contributed by atoms with van der Waals surface area (Å²) in [7, 11) is 2.10. The fraction of sp³-hybridized carbons (Fsp3) is 0.643. The fourth-order valence-corrected chi connectivity index (χ4v) is 2.74. The smallest absolute Gasteiger partial charge is 0.276 e. The van der Waals surface area contributed by atoms with Crippen LogP contribution in [0.1, 0.15) is 20.3 Å². The molecule has 0 spiro atoms. The molecule has 1 aromatic rings. The molecule has 116 valence electrons. The Bertz CT molecular complexity index is 508. The summed E-state index contributed by atoms with van der Waals surface area (Å²) in [4.78, 5) is 19.7. The first-order valence-corrected chi connectivity index (χ1v) is 7.36. The van der Waals surface area contributed by atoms with E-state index in [0.29, 0.717) is 18.2 Å². The topological polar surface area (TPSA) is 74.5 Å². The first-order valence-electron chi connectivity index (χ1n) is 7.36. The van der Waals surface area contributed by atoms with E-state index in [1.807, 2.05) is 6.92 Å². The van der Waals surface area contributed by atoms with E-state index >= 15 is 0 Å². The average molecular weight is 293 g/mol. The fourth-order valence-electron chi connectivity index (χ4n) is 2.74. The van der Waals surface area contributed by atoms with Crippen molar-refractivity contribution in [1.82, 2.24) is 9.88 Å². The Hall–Kier alpha value is -1.89. The highest BCUT2D eigenvalue weighted by atomic mass is 16.6. The lowest BCUT2D eigenvalue weighted by molar-refractivity contribution is -0.384. The standard InChI is InChI=1S/C14H23N5O2/c1-4-15-13-8-12(19(20)21)9-14(16-13)18-7-5-6-17(3)10-11(18)2/h8-9,11H,4-7,10H2,1-3H3,(H,15,16).